The molecule has 0 saturated carbocycles. The largest absolute Gasteiger partial charge is 0.512 e. The predicted octanol–water partition coefficient (Wildman–Crippen LogP) is 3.65. The van der Waals surface area contributed by atoms with E-state index in [0.717, 1.165) is 10.5 Å². The molecule has 2 rings (SSSR count). The molecule has 0 radical (unpaired) electrons. The van der Waals surface area contributed by atoms with Crippen LogP contribution in [0.1, 0.15) is 12.8 Å². The second-order valence-electron chi connectivity index (χ2n) is 4.08. The van der Waals surface area contributed by atoms with E-state index in [1.165, 1.54) is 18.2 Å². The second-order valence-corrected chi connectivity index (χ2v) is 5.18. The van der Waals surface area contributed by atoms with Crippen molar-refractivity contribution in [3.63, 3.8) is 0 Å². The molecule has 94 valence electrons. The standard InChI is InChI=1S/C14H13FO2S/c15-11-1-3-14(4-2-11)18-6-5-10-7-12(16)9-13(17)8-10/h1-5,9,16H,6-8H2/b10-5-. The number of hydrogen-bond donors (Lipinski definition) is 1. The fourth-order valence-electron chi connectivity index (χ4n) is 1.74. The van der Waals surface area contributed by atoms with Crippen LogP contribution in [0.15, 0.2) is 52.6 Å². The fourth-order valence-corrected chi connectivity index (χ4v) is 2.58. The maximum atomic E-state index is 12.7. The van der Waals surface area contributed by atoms with Crippen molar-refractivity contribution in [3.05, 3.63) is 53.6 Å². The van der Waals surface area contributed by atoms with Gasteiger partial charge in [-0.1, -0.05) is 11.6 Å². The zero-order valence-electron chi connectivity index (χ0n) is 9.73. The number of aliphatic hydroxyl groups excluding tert-OH is 1. The number of ketones is 1. The number of carbonyl (C=O) groups is 1. The summed E-state index contributed by atoms with van der Waals surface area (Å²) >= 11 is 1.57. The van der Waals surface area contributed by atoms with Gasteiger partial charge in [0.1, 0.15) is 5.82 Å². The molecule has 0 unspecified atom stereocenters. The van der Waals surface area contributed by atoms with Gasteiger partial charge < -0.3 is 5.11 Å². The summed E-state index contributed by atoms with van der Waals surface area (Å²) in [6.45, 7) is 0. The Kier molecular flexibility index (Phi) is 4.20. The van der Waals surface area contributed by atoms with Gasteiger partial charge in [0.25, 0.3) is 0 Å². The smallest absolute Gasteiger partial charge is 0.163 e. The van der Waals surface area contributed by atoms with Gasteiger partial charge in [-0.25, -0.2) is 4.39 Å². The molecule has 1 N–H and O–H groups in total. The van der Waals surface area contributed by atoms with Crippen LogP contribution < -0.4 is 0 Å². The summed E-state index contributed by atoms with van der Waals surface area (Å²) in [6, 6.07) is 6.30. The van der Waals surface area contributed by atoms with Crippen LogP contribution >= 0.6 is 11.8 Å². The predicted molar refractivity (Wildman–Crippen MR) is 70.2 cm³/mol. The van der Waals surface area contributed by atoms with Crippen molar-refractivity contribution >= 4 is 17.5 Å². The lowest BCUT2D eigenvalue weighted by atomic mass is 9.99. The number of halogens is 1. The topological polar surface area (TPSA) is 37.3 Å². The number of benzene rings is 1. The number of rotatable bonds is 3. The zero-order chi connectivity index (χ0) is 13.0. The summed E-state index contributed by atoms with van der Waals surface area (Å²) in [4.78, 5) is 12.2. The maximum absolute atomic E-state index is 12.7. The van der Waals surface area contributed by atoms with Gasteiger partial charge in [0.05, 0.1) is 5.76 Å². The summed E-state index contributed by atoms with van der Waals surface area (Å²) < 4.78 is 12.7. The normalized spacial score (nSPS) is 17.9. The maximum Gasteiger partial charge on any atom is 0.163 e. The molecule has 0 heterocycles. The van der Waals surface area contributed by atoms with Crippen LogP contribution in [0.4, 0.5) is 4.39 Å². The fraction of sp³-hybridized carbons (Fsp3) is 0.214. The molecule has 0 spiro atoms. The third-order valence-corrected chi connectivity index (χ3v) is 3.51. The van der Waals surface area contributed by atoms with Gasteiger partial charge in [0.2, 0.25) is 0 Å². The van der Waals surface area contributed by atoms with Crippen LogP contribution in [-0.4, -0.2) is 16.6 Å². The molecular formula is C14H13FO2S. The Hall–Kier alpha value is -1.55. The third kappa shape index (κ3) is 3.74. The molecular weight excluding hydrogens is 251 g/mol. The first-order valence-electron chi connectivity index (χ1n) is 5.62. The zero-order valence-corrected chi connectivity index (χ0v) is 10.5. The van der Waals surface area contributed by atoms with E-state index in [0.29, 0.717) is 18.6 Å². The van der Waals surface area contributed by atoms with Gasteiger partial charge in [0.15, 0.2) is 5.78 Å². The molecule has 4 heteroatoms. The highest BCUT2D eigenvalue weighted by molar-refractivity contribution is 7.99. The summed E-state index contributed by atoms with van der Waals surface area (Å²) in [5.41, 5.74) is 0.939. The second kappa shape index (κ2) is 5.87. The lowest BCUT2D eigenvalue weighted by molar-refractivity contribution is -0.114. The monoisotopic (exact) mass is 264 g/mol. The van der Waals surface area contributed by atoms with Crippen molar-refractivity contribution in [1.82, 2.24) is 0 Å². The van der Waals surface area contributed by atoms with Gasteiger partial charge in [-0.3, -0.25) is 4.79 Å². The van der Waals surface area contributed by atoms with Crippen molar-refractivity contribution in [2.24, 2.45) is 0 Å². The average molecular weight is 264 g/mol. The van der Waals surface area contributed by atoms with Gasteiger partial charge in [0, 0.05) is 29.6 Å². The Morgan fingerprint density at radius 2 is 2.00 bits per heavy atom. The summed E-state index contributed by atoms with van der Waals surface area (Å²) in [5, 5.41) is 9.35. The van der Waals surface area contributed by atoms with Crippen LogP contribution in [0.5, 0.6) is 0 Å². The Labute approximate surface area is 109 Å². The molecule has 0 bridgehead atoms. The average Bonchev–Trinajstić information content (AvgIpc) is 2.30. The number of thioether (sulfide) groups is 1. The van der Waals surface area contributed by atoms with Gasteiger partial charge >= 0.3 is 0 Å². The molecule has 1 aromatic carbocycles. The molecule has 0 aromatic heterocycles. The van der Waals surface area contributed by atoms with Crippen LogP contribution in [-0.2, 0) is 4.79 Å². The molecule has 1 aliphatic rings. The van der Waals surface area contributed by atoms with E-state index in [1.807, 2.05) is 6.08 Å². The van der Waals surface area contributed by atoms with Crippen molar-refractivity contribution < 1.29 is 14.3 Å². The first-order chi connectivity index (χ1) is 8.63. The van der Waals surface area contributed by atoms with E-state index < -0.39 is 0 Å². The van der Waals surface area contributed by atoms with Crippen molar-refractivity contribution in [2.75, 3.05) is 5.75 Å². The highest BCUT2D eigenvalue weighted by Gasteiger charge is 2.13. The number of allylic oxidation sites excluding steroid dienone is 2. The molecule has 0 amide bonds. The molecule has 0 fully saturated rings. The Morgan fingerprint density at radius 3 is 2.67 bits per heavy atom. The quantitative estimate of drug-likeness (QED) is 0.669. The molecule has 0 aliphatic heterocycles. The van der Waals surface area contributed by atoms with E-state index in [2.05, 4.69) is 0 Å². The minimum absolute atomic E-state index is 0.0585. The van der Waals surface area contributed by atoms with Crippen LogP contribution in [0.25, 0.3) is 0 Å². The molecule has 1 aromatic rings. The van der Waals surface area contributed by atoms with Crippen LogP contribution in [0, 0.1) is 5.82 Å². The molecule has 0 saturated heterocycles. The number of hydrogen-bond acceptors (Lipinski definition) is 3. The summed E-state index contributed by atoms with van der Waals surface area (Å²) in [6.07, 6.45) is 4.07. The molecule has 2 nitrogen and oxygen atoms in total. The minimum Gasteiger partial charge on any atom is -0.512 e. The van der Waals surface area contributed by atoms with Crippen molar-refractivity contribution in [1.29, 1.82) is 0 Å². The van der Waals surface area contributed by atoms with E-state index in [-0.39, 0.29) is 17.4 Å². The van der Waals surface area contributed by atoms with Crippen LogP contribution in [0.2, 0.25) is 0 Å². The highest BCUT2D eigenvalue weighted by atomic mass is 32.2. The molecule has 18 heavy (non-hydrogen) atoms. The van der Waals surface area contributed by atoms with Crippen molar-refractivity contribution in [2.45, 2.75) is 17.7 Å². The van der Waals surface area contributed by atoms with E-state index in [4.69, 9.17) is 0 Å². The van der Waals surface area contributed by atoms with Gasteiger partial charge in [-0.2, -0.15) is 0 Å². The number of carbonyl (C=O) groups excluding carboxylic acids is 1. The Bertz CT molecular complexity index is 503. The minimum atomic E-state index is -0.245. The lowest BCUT2D eigenvalue weighted by Crippen LogP contribution is -2.05. The number of aliphatic hydroxyl groups is 1. The first kappa shape index (κ1) is 12.9. The summed E-state index contributed by atoms with van der Waals surface area (Å²) in [7, 11) is 0. The Morgan fingerprint density at radius 1 is 1.28 bits per heavy atom. The van der Waals surface area contributed by atoms with Crippen molar-refractivity contribution in [3.8, 4) is 0 Å². The lowest BCUT2D eigenvalue weighted by Gasteiger charge is -2.10. The summed E-state index contributed by atoms with van der Waals surface area (Å²) in [5.74, 6) is 0.536. The third-order valence-electron chi connectivity index (χ3n) is 2.57. The van der Waals surface area contributed by atoms with E-state index in [9.17, 15) is 14.3 Å². The van der Waals surface area contributed by atoms with Crippen LogP contribution in [0.3, 0.4) is 0 Å². The van der Waals surface area contributed by atoms with E-state index in [1.54, 1.807) is 23.9 Å². The molecule has 0 atom stereocenters. The van der Waals surface area contributed by atoms with Gasteiger partial charge in [-0.05, 0) is 24.3 Å². The Balaban J connectivity index is 1.90. The highest BCUT2D eigenvalue weighted by Crippen LogP contribution is 2.23. The van der Waals surface area contributed by atoms with Gasteiger partial charge in [-0.15, -0.1) is 11.8 Å². The molecule has 1 aliphatic carbocycles. The first-order valence-corrected chi connectivity index (χ1v) is 6.60. The SMILES string of the molecule is O=C1C=C(O)C/C(=C/CSc2ccc(F)cc2)C1. The van der Waals surface area contributed by atoms with E-state index >= 15 is 0 Å².